The van der Waals surface area contributed by atoms with E-state index < -0.39 is 5.82 Å². The number of para-hydroxylation sites is 1. The Morgan fingerprint density at radius 1 is 1.29 bits per heavy atom. The van der Waals surface area contributed by atoms with E-state index in [-0.39, 0.29) is 17.7 Å². The van der Waals surface area contributed by atoms with Crippen LogP contribution in [0.25, 0.3) is 11.3 Å². The van der Waals surface area contributed by atoms with Gasteiger partial charge in [0.2, 0.25) is 0 Å². The van der Waals surface area contributed by atoms with Gasteiger partial charge in [0.1, 0.15) is 5.75 Å². The maximum absolute atomic E-state index is 14.4. The zero-order chi connectivity index (χ0) is 23.2. The van der Waals surface area contributed by atoms with Crippen molar-refractivity contribution < 1.29 is 18.7 Å². The molecule has 8 nitrogen and oxygen atoms in total. The van der Waals surface area contributed by atoms with Crippen molar-refractivity contribution in [3.05, 3.63) is 53.7 Å². The number of rotatable bonds is 3. The second-order valence-corrected chi connectivity index (χ2v) is 9.15. The number of carbonyl (C=O) groups excluding carboxylic acids is 1. The lowest BCUT2D eigenvalue weighted by Crippen LogP contribution is -2.47. The molecule has 34 heavy (non-hydrogen) atoms. The largest absolute Gasteiger partial charge is 0.492 e. The molecule has 1 amide bonds. The van der Waals surface area contributed by atoms with E-state index in [0.717, 1.165) is 37.3 Å². The van der Waals surface area contributed by atoms with Crippen LogP contribution < -0.4 is 20.1 Å². The second-order valence-electron chi connectivity index (χ2n) is 9.15. The third-order valence-electron chi connectivity index (χ3n) is 6.90. The average Bonchev–Trinajstić information content (AvgIpc) is 3.42. The van der Waals surface area contributed by atoms with E-state index in [9.17, 15) is 9.18 Å². The Bertz CT molecular complexity index is 1260. The van der Waals surface area contributed by atoms with Crippen LogP contribution >= 0.6 is 0 Å². The number of aromatic amines is 1. The van der Waals surface area contributed by atoms with Crippen molar-refractivity contribution in [1.82, 2.24) is 20.2 Å². The lowest BCUT2D eigenvalue weighted by Gasteiger charge is -2.28. The molecule has 0 radical (unpaired) electrons. The van der Waals surface area contributed by atoms with Crippen LogP contribution in [0.3, 0.4) is 0 Å². The van der Waals surface area contributed by atoms with Crippen LogP contribution in [0.5, 0.6) is 11.5 Å². The minimum atomic E-state index is -0.484. The second kappa shape index (κ2) is 8.32. The number of H-pyrrole nitrogens is 1. The molecule has 1 aromatic carbocycles. The molecule has 5 heterocycles. The van der Waals surface area contributed by atoms with Crippen LogP contribution in [0.2, 0.25) is 0 Å². The Morgan fingerprint density at radius 2 is 2.21 bits per heavy atom. The third kappa shape index (κ3) is 3.56. The highest BCUT2D eigenvalue weighted by molar-refractivity contribution is 6.07. The summed E-state index contributed by atoms with van der Waals surface area (Å²) in [6.45, 7) is 3.35. The highest BCUT2D eigenvalue weighted by Crippen LogP contribution is 2.42. The van der Waals surface area contributed by atoms with Gasteiger partial charge in [-0.3, -0.25) is 9.78 Å². The molecule has 5 bridgehead atoms. The summed E-state index contributed by atoms with van der Waals surface area (Å²) in [5.41, 5.74) is 3.86. The number of pyridine rings is 1. The number of anilines is 2. The Balaban J connectivity index is 1.52. The van der Waals surface area contributed by atoms with Gasteiger partial charge in [0.05, 0.1) is 42.5 Å². The molecule has 3 atom stereocenters. The minimum Gasteiger partial charge on any atom is -0.492 e. The summed E-state index contributed by atoms with van der Waals surface area (Å²) in [5.74, 6) is 0.516. The summed E-state index contributed by atoms with van der Waals surface area (Å²) in [5, 5.41) is 6.47. The fourth-order valence-electron chi connectivity index (χ4n) is 5.33. The van der Waals surface area contributed by atoms with Gasteiger partial charge in [-0.15, -0.1) is 0 Å². The van der Waals surface area contributed by atoms with Gasteiger partial charge in [-0.1, -0.05) is 6.07 Å². The quantitative estimate of drug-likeness (QED) is 0.552. The number of fused-ring (bicyclic) bond motifs is 6. The molecule has 9 heteroatoms. The molecule has 3 aromatic rings. The zero-order valence-corrected chi connectivity index (χ0v) is 18.9. The Morgan fingerprint density at radius 3 is 3.09 bits per heavy atom. The summed E-state index contributed by atoms with van der Waals surface area (Å²) >= 11 is 0. The molecule has 3 aliphatic heterocycles. The highest BCUT2D eigenvalue weighted by Gasteiger charge is 2.35. The molecule has 3 N–H and O–H groups in total. The van der Waals surface area contributed by atoms with E-state index in [2.05, 4.69) is 25.5 Å². The average molecular weight is 464 g/mol. The maximum Gasteiger partial charge on any atom is 0.255 e. The fourth-order valence-corrected chi connectivity index (χ4v) is 5.33. The van der Waals surface area contributed by atoms with Crippen LogP contribution in [0.4, 0.5) is 15.8 Å². The van der Waals surface area contributed by atoms with Gasteiger partial charge < -0.3 is 30.0 Å². The molecular formula is C25H26FN5O3. The molecular weight excluding hydrogens is 437 g/mol. The summed E-state index contributed by atoms with van der Waals surface area (Å²) < 4.78 is 26.0. The lowest BCUT2D eigenvalue weighted by atomic mass is 9.99. The number of nitrogens with zero attached hydrogens (tertiary/aromatic N) is 2. The van der Waals surface area contributed by atoms with Crippen molar-refractivity contribution in [3.8, 4) is 22.8 Å². The minimum absolute atomic E-state index is 0.0142. The van der Waals surface area contributed by atoms with E-state index in [1.807, 2.05) is 6.07 Å². The topological polar surface area (TPSA) is 91.5 Å². The number of halogens is 1. The van der Waals surface area contributed by atoms with Crippen molar-refractivity contribution in [2.24, 2.45) is 5.92 Å². The van der Waals surface area contributed by atoms with Crippen LogP contribution in [-0.4, -0.2) is 60.2 Å². The van der Waals surface area contributed by atoms with Crippen LogP contribution in [0.15, 0.2) is 36.7 Å². The zero-order valence-electron chi connectivity index (χ0n) is 18.9. The predicted molar refractivity (Wildman–Crippen MR) is 125 cm³/mol. The highest BCUT2D eigenvalue weighted by atomic mass is 19.1. The molecule has 176 valence electrons. The first-order valence-electron chi connectivity index (χ1n) is 11.6. The van der Waals surface area contributed by atoms with Gasteiger partial charge >= 0.3 is 0 Å². The van der Waals surface area contributed by atoms with E-state index >= 15 is 0 Å². The Hall–Kier alpha value is -3.59. The number of nitrogens with one attached hydrogen (secondary N) is 3. The SMILES string of the molecule is COc1c(F)cccc1Nc1c2[nH]c3c1C(=O)N[C@@H](C3)CN1CC[C@@H](COc3cnccc3-2)C1. The van der Waals surface area contributed by atoms with Crippen molar-refractivity contribution in [1.29, 1.82) is 0 Å². The molecule has 1 saturated heterocycles. The number of carbonyl (C=O) groups is 1. The molecule has 2 aromatic heterocycles. The summed E-state index contributed by atoms with van der Waals surface area (Å²) in [4.78, 5) is 23.5. The van der Waals surface area contributed by atoms with Crippen LogP contribution in [-0.2, 0) is 6.42 Å². The van der Waals surface area contributed by atoms with E-state index in [0.29, 0.717) is 47.3 Å². The maximum atomic E-state index is 14.4. The van der Waals surface area contributed by atoms with Crippen molar-refractivity contribution in [3.63, 3.8) is 0 Å². The monoisotopic (exact) mass is 463 g/mol. The number of ether oxygens (including phenoxy) is 2. The number of amides is 1. The molecule has 3 aliphatic rings. The standard InChI is InChI=1S/C25H26FN5O3/c1-33-24-17(26)3-2-4-18(24)29-23-21-19-9-15(28-25(21)32)12-31-8-6-14(11-31)13-34-20-10-27-7-5-16(20)22(23)30-19/h2-5,7,10,14-15,29-30H,6,8-9,11-13H2,1H3,(H,28,32)/t14-,15+/m1/s1. The van der Waals surface area contributed by atoms with Gasteiger partial charge in [0, 0.05) is 48.9 Å². The Labute approximate surface area is 196 Å². The normalized spacial score (nSPS) is 23.1. The van der Waals surface area contributed by atoms with Crippen LogP contribution in [0, 0.1) is 11.7 Å². The molecule has 1 unspecified atom stereocenters. The molecule has 6 rings (SSSR count). The first kappa shape index (κ1) is 21.0. The van der Waals surface area contributed by atoms with Crippen molar-refractivity contribution >= 4 is 17.3 Å². The van der Waals surface area contributed by atoms with Gasteiger partial charge in [-0.2, -0.15) is 0 Å². The van der Waals surface area contributed by atoms with E-state index in [1.54, 1.807) is 24.5 Å². The first-order chi connectivity index (χ1) is 16.6. The molecule has 0 spiro atoms. The Kier molecular flexibility index (Phi) is 5.13. The number of methoxy groups -OCH3 is 1. The van der Waals surface area contributed by atoms with Crippen molar-refractivity contribution in [2.75, 3.05) is 38.7 Å². The third-order valence-corrected chi connectivity index (χ3v) is 6.90. The summed E-state index contributed by atoms with van der Waals surface area (Å²) in [6.07, 6.45) is 5.15. The lowest BCUT2D eigenvalue weighted by molar-refractivity contribution is 0.0914. The fraction of sp³-hybridized carbons (Fsp3) is 0.360. The van der Waals surface area contributed by atoms with Crippen molar-refractivity contribution in [2.45, 2.75) is 18.9 Å². The molecule has 0 aliphatic carbocycles. The number of hydrogen-bond donors (Lipinski definition) is 3. The molecule has 1 fully saturated rings. The van der Waals surface area contributed by atoms with E-state index in [4.69, 9.17) is 9.47 Å². The van der Waals surface area contributed by atoms with Gasteiger partial charge in [0.25, 0.3) is 5.91 Å². The van der Waals surface area contributed by atoms with Gasteiger partial charge in [-0.05, 0) is 31.2 Å². The number of hydrogen-bond acceptors (Lipinski definition) is 6. The van der Waals surface area contributed by atoms with E-state index in [1.165, 1.54) is 13.2 Å². The molecule has 0 saturated carbocycles. The summed E-state index contributed by atoms with van der Waals surface area (Å²) in [7, 11) is 1.42. The van der Waals surface area contributed by atoms with Gasteiger partial charge in [-0.25, -0.2) is 4.39 Å². The number of benzene rings is 1. The first-order valence-corrected chi connectivity index (χ1v) is 11.6. The smallest absolute Gasteiger partial charge is 0.255 e. The predicted octanol–water partition coefficient (Wildman–Crippen LogP) is 3.34. The van der Waals surface area contributed by atoms with Crippen LogP contribution in [0.1, 0.15) is 22.5 Å². The van der Waals surface area contributed by atoms with Gasteiger partial charge in [0.15, 0.2) is 11.6 Å². The number of aromatic nitrogens is 2. The summed E-state index contributed by atoms with van der Waals surface area (Å²) in [6, 6.07) is 6.55.